The van der Waals surface area contributed by atoms with Crippen molar-refractivity contribution in [1.82, 2.24) is 10.3 Å². The van der Waals surface area contributed by atoms with Crippen LogP contribution in [0.2, 0.25) is 0 Å². The van der Waals surface area contributed by atoms with E-state index in [2.05, 4.69) is 10.3 Å². The van der Waals surface area contributed by atoms with Crippen molar-refractivity contribution < 1.29 is 23.1 Å². The van der Waals surface area contributed by atoms with Crippen LogP contribution in [0.3, 0.4) is 0 Å². The number of nitrogens with one attached hydrogen (secondary N) is 1. The highest BCUT2D eigenvalue weighted by atomic mass is 32.2. The van der Waals surface area contributed by atoms with Gasteiger partial charge in [-0.05, 0) is 24.1 Å². The molecule has 0 aliphatic rings. The van der Waals surface area contributed by atoms with Crippen molar-refractivity contribution in [3.8, 4) is 0 Å². The number of aryl methyl sites for hydroxylation is 1. The maximum absolute atomic E-state index is 12.4. The number of aromatic nitrogens is 1. The first-order valence-electron chi connectivity index (χ1n) is 7.51. The van der Waals surface area contributed by atoms with E-state index in [1.54, 1.807) is 6.07 Å². The van der Waals surface area contributed by atoms with Gasteiger partial charge in [0.25, 0.3) is 5.91 Å². The van der Waals surface area contributed by atoms with Crippen LogP contribution < -0.4 is 5.32 Å². The monoisotopic (exact) mass is 382 g/mol. The van der Waals surface area contributed by atoms with Gasteiger partial charge in [-0.1, -0.05) is 13.0 Å². The fourth-order valence-corrected chi connectivity index (χ4v) is 3.63. The molecular weight excluding hydrogens is 364 g/mol. The molecule has 134 valence electrons. The molecule has 25 heavy (non-hydrogen) atoms. The average molecular weight is 382 g/mol. The number of carboxylic acids is 1. The molecule has 1 aromatic carbocycles. The number of carbonyl (C=O) groups excluding carboxylic acids is 1. The Morgan fingerprint density at radius 3 is 2.60 bits per heavy atom. The van der Waals surface area contributed by atoms with Gasteiger partial charge in [-0.2, -0.15) is 0 Å². The molecule has 0 aliphatic carbocycles. The number of benzene rings is 1. The van der Waals surface area contributed by atoms with E-state index in [0.29, 0.717) is 23.4 Å². The van der Waals surface area contributed by atoms with Crippen LogP contribution in [0, 0.1) is 0 Å². The summed E-state index contributed by atoms with van der Waals surface area (Å²) in [4.78, 5) is 27.2. The van der Waals surface area contributed by atoms with Crippen molar-refractivity contribution in [1.29, 1.82) is 0 Å². The van der Waals surface area contributed by atoms with Crippen molar-refractivity contribution in [2.75, 3.05) is 12.8 Å². The lowest BCUT2D eigenvalue weighted by Gasteiger charge is -2.10. The molecule has 0 radical (unpaired) electrons. The second-order valence-corrected chi connectivity index (χ2v) is 8.34. The molecule has 9 heteroatoms. The molecule has 2 aromatic rings. The van der Waals surface area contributed by atoms with Gasteiger partial charge < -0.3 is 10.4 Å². The van der Waals surface area contributed by atoms with Crippen molar-refractivity contribution in [2.24, 2.45) is 0 Å². The van der Waals surface area contributed by atoms with E-state index in [9.17, 15) is 18.0 Å². The fourth-order valence-electron chi connectivity index (χ4n) is 2.21. The number of rotatable bonds is 7. The van der Waals surface area contributed by atoms with E-state index < -0.39 is 15.8 Å². The van der Waals surface area contributed by atoms with Gasteiger partial charge >= 0.3 is 5.97 Å². The van der Waals surface area contributed by atoms with E-state index >= 15 is 0 Å². The molecule has 0 saturated heterocycles. The SMILES string of the molecule is CCc1ccc(S(C)(=O)=O)cc1C(=O)NCCc1nc(C(=O)O)cs1. The summed E-state index contributed by atoms with van der Waals surface area (Å²) in [6.07, 6.45) is 2.09. The van der Waals surface area contributed by atoms with E-state index in [0.717, 1.165) is 11.8 Å². The Balaban J connectivity index is 2.08. The van der Waals surface area contributed by atoms with Gasteiger partial charge in [-0.15, -0.1) is 11.3 Å². The third-order valence-electron chi connectivity index (χ3n) is 3.53. The highest BCUT2D eigenvalue weighted by Gasteiger charge is 2.16. The van der Waals surface area contributed by atoms with Crippen LogP contribution in [-0.2, 0) is 22.7 Å². The second-order valence-electron chi connectivity index (χ2n) is 5.38. The van der Waals surface area contributed by atoms with Gasteiger partial charge in [-0.3, -0.25) is 4.79 Å². The van der Waals surface area contributed by atoms with E-state index in [-0.39, 0.29) is 23.0 Å². The van der Waals surface area contributed by atoms with Gasteiger partial charge in [0, 0.05) is 30.2 Å². The quantitative estimate of drug-likeness (QED) is 0.755. The average Bonchev–Trinajstić information content (AvgIpc) is 3.02. The predicted octanol–water partition coefficient (Wildman–Crippen LogP) is 1.78. The van der Waals surface area contributed by atoms with Crippen molar-refractivity contribution in [3.05, 3.63) is 45.4 Å². The van der Waals surface area contributed by atoms with E-state index in [4.69, 9.17) is 5.11 Å². The summed E-state index contributed by atoms with van der Waals surface area (Å²) in [6.45, 7) is 2.16. The fraction of sp³-hybridized carbons (Fsp3) is 0.312. The minimum Gasteiger partial charge on any atom is -0.476 e. The maximum atomic E-state index is 12.4. The third kappa shape index (κ3) is 4.86. The van der Waals surface area contributed by atoms with Crippen molar-refractivity contribution in [2.45, 2.75) is 24.7 Å². The zero-order valence-corrected chi connectivity index (χ0v) is 15.4. The van der Waals surface area contributed by atoms with Crippen molar-refractivity contribution in [3.63, 3.8) is 0 Å². The van der Waals surface area contributed by atoms with Crippen LogP contribution in [0.4, 0.5) is 0 Å². The maximum Gasteiger partial charge on any atom is 0.355 e. The largest absolute Gasteiger partial charge is 0.476 e. The molecule has 1 aromatic heterocycles. The molecule has 1 amide bonds. The number of thiazole rings is 1. The molecule has 0 unspecified atom stereocenters. The Bertz CT molecular complexity index is 903. The molecule has 0 spiro atoms. The summed E-state index contributed by atoms with van der Waals surface area (Å²) in [7, 11) is -3.40. The number of hydrogen-bond donors (Lipinski definition) is 2. The molecular formula is C16H18N2O5S2. The number of sulfone groups is 1. The second kappa shape index (κ2) is 7.75. The van der Waals surface area contributed by atoms with Crippen LogP contribution in [0.25, 0.3) is 0 Å². The van der Waals surface area contributed by atoms with Crippen LogP contribution in [-0.4, -0.2) is 43.2 Å². The lowest BCUT2D eigenvalue weighted by Crippen LogP contribution is -2.27. The summed E-state index contributed by atoms with van der Waals surface area (Å²) in [6, 6.07) is 4.52. The lowest BCUT2D eigenvalue weighted by atomic mass is 10.0. The summed E-state index contributed by atoms with van der Waals surface area (Å²) in [5, 5.41) is 13.6. The summed E-state index contributed by atoms with van der Waals surface area (Å²) < 4.78 is 23.4. The molecule has 2 N–H and O–H groups in total. The summed E-state index contributed by atoms with van der Waals surface area (Å²) in [5.74, 6) is -1.45. The molecule has 0 aliphatic heterocycles. The molecule has 0 atom stereocenters. The first-order chi connectivity index (χ1) is 11.7. The van der Waals surface area contributed by atoms with Crippen molar-refractivity contribution >= 4 is 33.1 Å². The number of carboxylic acid groups (broad SMARTS) is 1. The zero-order chi connectivity index (χ0) is 18.6. The number of aromatic carboxylic acids is 1. The Morgan fingerprint density at radius 1 is 1.32 bits per heavy atom. The van der Waals surface area contributed by atoms with Gasteiger partial charge in [0.05, 0.1) is 9.90 Å². The molecule has 0 fully saturated rings. The highest BCUT2D eigenvalue weighted by Crippen LogP contribution is 2.17. The van der Waals surface area contributed by atoms with Crippen LogP contribution in [0.15, 0.2) is 28.5 Å². The van der Waals surface area contributed by atoms with Gasteiger partial charge in [0.2, 0.25) is 0 Å². The van der Waals surface area contributed by atoms with Gasteiger partial charge in [0.15, 0.2) is 15.5 Å². The standard InChI is InChI=1S/C16H18N2O5S2/c1-3-10-4-5-11(25(2,22)23)8-12(10)15(19)17-7-6-14-18-13(9-24-14)16(20)21/h4-5,8-9H,3,6-7H2,1-2H3,(H,17,19)(H,20,21). The third-order valence-corrected chi connectivity index (χ3v) is 5.55. The highest BCUT2D eigenvalue weighted by molar-refractivity contribution is 7.90. The molecule has 1 heterocycles. The normalized spacial score (nSPS) is 11.3. The summed E-state index contributed by atoms with van der Waals surface area (Å²) in [5.41, 5.74) is 1.07. The Labute approximate surface area is 149 Å². The predicted molar refractivity (Wildman–Crippen MR) is 94.0 cm³/mol. The Hall–Kier alpha value is -2.26. The topological polar surface area (TPSA) is 113 Å². The van der Waals surface area contributed by atoms with Crippen LogP contribution in [0.5, 0.6) is 0 Å². The number of nitrogens with zero attached hydrogens (tertiary/aromatic N) is 1. The van der Waals surface area contributed by atoms with Crippen LogP contribution >= 0.6 is 11.3 Å². The van der Waals surface area contributed by atoms with E-state index in [1.807, 2.05) is 6.92 Å². The molecule has 0 saturated carbocycles. The number of carbonyl (C=O) groups is 2. The van der Waals surface area contributed by atoms with Crippen LogP contribution in [0.1, 0.15) is 38.3 Å². The van der Waals surface area contributed by atoms with Gasteiger partial charge in [0.1, 0.15) is 0 Å². The zero-order valence-electron chi connectivity index (χ0n) is 13.8. The smallest absolute Gasteiger partial charge is 0.355 e. The minimum absolute atomic E-state index is 0.0135. The number of hydrogen-bond acceptors (Lipinski definition) is 6. The van der Waals surface area contributed by atoms with E-state index in [1.165, 1.54) is 28.8 Å². The lowest BCUT2D eigenvalue weighted by molar-refractivity contribution is 0.0690. The Morgan fingerprint density at radius 2 is 2.04 bits per heavy atom. The minimum atomic E-state index is -3.40. The molecule has 0 bridgehead atoms. The first-order valence-corrected chi connectivity index (χ1v) is 10.3. The number of amides is 1. The molecule has 7 nitrogen and oxygen atoms in total. The summed E-state index contributed by atoms with van der Waals surface area (Å²) >= 11 is 1.22. The first kappa shape index (κ1) is 19.1. The Kier molecular flexibility index (Phi) is 5.91. The van der Waals surface area contributed by atoms with Gasteiger partial charge in [-0.25, -0.2) is 18.2 Å². The molecule has 2 rings (SSSR count).